The second kappa shape index (κ2) is 10.8. The van der Waals surface area contributed by atoms with Gasteiger partial charge in [-0.3, -0.25) is 0 Å². The van der Waals surface area contributed by atoms with E-state index in [1.165, 1.54) is 12.8 Å². The Bertz CT molecular complexity index is 398. The fraction of sp³-hybridized carbons (Fsp3) is 0.357. The Labute approximate surface area is 114 Å². The van der Waals surface area contributed by atoms with Gasteiger partial charge >= 0.3 is 0 Å². The maximum absolute atomic E-state index is 4.64. The van der Waals surface area contributed by atoms with Gasteiger partial charge in [-0.1, -0.05) is 50.6 Å². The van der Waals surface area contributed by atoms with Crippen LogP contribution in [0.25, 0.3) is 11.3 Å². The molecule has 4 heteroatoms. The monoisotopic (exact) mass is 268 g/mol. The number of nitrogens with zero attached hydrogens (tertiary/aromatic N) is 1. The van der Waals surface area contributed by atoms with Gasteiger partial charge in [0.05, 0.1) is 11.9 Å². The van der Waals surface area contributed by atoms with Crippen LogP contribution >= 0.6 is 11.6 Å². The van der Waals surface area contributed by atoms with Crippen molar-refractivity contribution in [2.75, 3.05) is 6.38 Å². The topological polar surface area (TPSA) is 56.3 Å². The summed E-state index contributed by atoms with van der Waals surface area (Å²) in [5, 5.41) is 0. The summed E-state index contributed by atoms with van der Waals surface area (Å²) in [6.07, 6.45) is 4.57. The number of hydrogen-bond acceptors (Lipinski definition) is 1. The van der Waals surface area contributed by atoms with Gasteiger partial charge in [0, 0.05) is 6.38 Å². The first-order valence-corrected chi connectivity index (χ1v) is 6.83. The number of benzene rings is 1. The molecule has 4 N–H and O–H groups in total. The summed E-state index contributed by atoms with van der Waals surface area (Å²) in [7, 11) is 0. The predicted molar refractivity (Wildman–Crippen MR) is 78.4 cm³/mol. The fourth-order valence-corrected chi connectivity index (χ4v) is 1.25. The predicted octanol–water partition coefficient (Wildman–Crippen LogP) is 3.09. The molecule has 0 fully saturated rings. The highest BCUT2D eigenvalue weighted by atomic mass is 35.5. The summed E-state index contributed by atoms with van der Waals surface area (Å²) in [6.45, 7) is 4.95. The second-order valence-corrected chi connectivity index (χ2v) is 3.57. The summed E-state index contributed by atoms with van der Waals surface area (Å²) in [5.74, 6) is 0.929. The zero-order chi connectivity index (χ0) is 13.8. The van der Waals surface area contributed by atoms with Crippen molar-refractivity contribution in [3.8, 4) is 11.3 Å². The van der Waals surface area contributed by atoms with Gasteiger partial charge in [-0.2, -0.15) is 0 Å². The molecule has 18 heavy (non-hydrogen) atoms. The van der Waals surface area contributed by atoms with Crippen molar-refractivity contribution < 1.29 is 5.73 Å². The lowest BCUT2D eigenvalue weighted by atomic mass is 10.2. The lowest BCUT2D eigenvalue weighted by molar-refractivity contribution is -0.388. The van der Waals surface area contributed by atoms with Crippen LogP contribution in [0.3, 0.4) is 0 Å². The maximum atomic E-state index is 4.64. The van der Waals surface area contributed by atoms with E-state index in [4.69, 9.17) is 0 Å². The Balaban J connectivity index is 0.000000509. The van der Waals surface area contributed by atoms with Gasteiger partial charge in [0.15, 0.2) is 5.82 Å². The molecule has 1 heterocycles. The highest BCUT2D eigenvalue weighted by Crippen LogP contribution is 2.15. The van der Waals surface area contributed by atoms with Gasteiger partial charge in [-0.15, -0.1) is 11.6 Å². The van der Waals surface area contributed by atoms with Crippen molar-refractivity contribution >= 4 is 11.6 Å². The molecule has 0 aliphatic carbocycles. The molecule has 0 saturated heterocycles. The van der Waals surface area contributed by atoms with Crippen LogP contribution in [0.5, 0.6) is 0 Å². The highest BCUT2D eigenvalue weighted by molar-refractivity contribution is 6.15. The molecule has 0 aliphatic rings. The van der Waals surface area contributed by atoms with Gasteiger partial charge in [-0.05, 0) is 5.56 Å². The number of rotatable bonds is 2. The van der Waals surface area contributed by atoms with Gasteiger partial charge in [0.25, 0.3) is 0 Å². The SMILES string of the molecule is CCC.CCl.[NH3+]Cc1ncc(-c2ccccc2)[nH]1. The average molecular weight is 269 g/mol. The number of nitrogens with one attached hydrogen (secondary N) is 1. The first-order chi connectivity index (χ1) is 8.81. The van der Waals surface area contributed by atoms with Crippen molar-refractivity contribution in [3.63, 3.8) is 0 Å². The summed E-state index contributed by atoms with van der Waals surface area (Å²) in [4.78, 5) is 7.40. The zero-order valence-corrected chi connectivity index (χ0v) is 12.2. The van der Waals surface area contributed by atoms with Gasteiger partial charge in [0.1, 0.15) is 6.54 Å². The van der Waals surface area contributed by atoms with Crippen LogP contribution in [0.2, 0.25) is 0 Å². The number of quaternary nitrogens is 1. The molecule has 3 nitrogen and oxygen atoms in total. The quantitative estimate of drug-likeness (QED) is 0.808. The van der Waals surface area contributed by atoms with Crippen molar-refractivity contribution in [3.05, 3.63) is 42.4 Å². The molecule has 0 aliphatic heterocycles. The minimum absolute atomic E-state index is 0.701. The van der Waals surface area contributed by atoms with E-state index in [9.17, 15) is 0 Å². The molecule has 0 radical (unpaired) electrons. The Morgan fingerprint density at radius 2 is 1.72 bits per heavy atom. The van der Waals surface area contributed by atoms with E-state index in [0.717, 1.165) is 17.1 Å². The van der Waals surface area contributed by atoms with Crippen LogP contribution in [0.15, 0.2) is 36.5 Å². The van der Waals surface area contributed by atoms with Gasteiger partial charge in [-0.25, -0.2) is 4.98 Å². The van der Waals surface area contributed by atoms with Crippen LogP contribution in [0.1, 0.15) is 26.1 Å². The zero-order valence-electron chi connectivity index (χ0n) is 11.4. The fourth-order valence-electron chi connectivity index (χ4n) is 1.25. The lowest BCUT2D eigenvalue weighted by Crippen LogP contribution is -2.47. The van der Waals surface area contributed by atoms with Crippen LogP contribution in [-0.2, 0) is 6.54 Å². The molecule has 1 aromatic heterocycles. The number of halogens is 1. The van der Waals surface area contributed by atoms with Gasteiger partial charge < -0.3 is 10.7 Å². The standard InChI is InChI=1S/C10H11N3.C3H8.CH3Cl/c11-6-10-12-7-9(13-10)8-4-2-1-3-5-8;1-3-2;1-2/h1-5,7H,6,11H2,(H,12,13);3H2,1-2H3;1H3/p+1. The molecule has 0 unspecified atom stereocenters. The molecule has 0 bridgehead atoms. The second-order valence-electron chi connectivity index (χ2n) is 3.57. The normalized spacial score (nSPS) is 8.72. The molecule has 2 rings (SSSR count). The molecule has 0 saturated carbocycles. The van der Waals surface area contributed by atoms with Crippen molar-refractivity contribution in [2.24, 2.45) is 0 Å². The third-order valence-electron chi connectivity index (χ3n) is 1.95. The van der Waals surface area contributed by atoms with E-state index in [1.54, 1.807) is 0 Å². The van der Waals surface area contributed by atoms with Crippen LogP contribution in [0.4, 0.5) is 0 Å². The number of aromatic amines is 1. The molecule has 0 spiro atoms. The largest absolute Gasteiger partial charge is 0.351 e. The van der Waals surface area contributed by atoms with Gasteiger partial charge in [0.2, 0.25) is 0 Å². The smallest absolute Gasteiger partial charge is 0.161 e. The Morgan fingerprint density at radius 1 is 1.17 bits per heavy atom. The average Bonchev–Trinajstić information content (AvgIpc) is 2.92. The van der Waals surface area contributed by atoms with E-state index < -0.39 is 0 Å². The Hall–Kier alpha value is -1.32. The van der Waals surface area contributed by atoms with Crippen LogP contribution in [-0.4, -0.2) is 16.4 Å². The molecular weight excluding hydrogens is 246 g/mol. The minimum atomic E-state index is 0.701. The molecule has 1 aromatic carbocycles. The third kappa shape index (κ3) is 5.84. The summed E-state index contributed by atoms with van der Waals surface area (Å²) < 4.78 is 0. The van der Waals surface area contributed by atoms with E-state index in [0.29, 0.717) is 6.54 Å². The van der Waals surface area contributed by atoms with E-state index in [-0.39, 0.29) is 0 Å². The minimum Gasteiger partial charge on any atom is -0.351 e. The lowest BCUT2D eigenvalue weighted by Gasteiger charge is -1.94. The molecule has 2 aromatic rings. The number of imidazole rings is 1. The van der Waals surface area contributed by atoms with E-state index >= 15 is 0 Å². The first kappa shape index (κ1) is 16.7. The number of H-pyrrole nitrogens is 1. The Kier molecular flexibility index (Phi) is 10.0. The summed E-state index contributed by atoms with van der Waals surface area (Å²) in [6, 6.07) is 10.1. The number of alkyl halides is 1. The maximum Gasteiger partial charge on any atom is 0.161 e. The molecular formula is C14H23ClN3+. The number of aromatic nitrogens is 2. The van der Waals surface area contributed by atoms with Crippen molar-refractivity contribution in [1.29, 1.82) is 0 Å². The van der Waals surface area contributed by atoms with Crippen molar-refractivity contribution in [2.45, 2.75) is 26.8 Å². The Morgan fingerprint density at radius 3 is 2.17 bits per heavy atom. The molecule has 100 valence electrons. The molecule has 0 amide bonds. The van der Waals surface area contributed by atoms with E-state index in [2.05, 4.69) is 53.3 Å². The van der Waals surface area contributed by atoms with Crippen molar-refractivity contribution in [1.82, 2.24) is 9.97 Å². The summed E-state index contributed by atoms with van der Waals surface area (Å²) in [5.41, 5.74) is 5.99. The van der Waals surface area contributed by atoms with Crippen LogP contribution in [0, 0.1) is 0 Å². The third-order valence-corrected chi connectivity index (χ3v) is 1.95. The van der Waals surface area contributed by atoms with Crippen LogP contribution < -0.4 is 5.73 Å². The molecule has 0 atom stereocenters. The summed E-state index contributed by atoms with van der Waals surface area (Å²) >= 11 is 4.64. The van der Waals surface area contributed by atoms with E-state index in [1.807, 2.05) is 24.4 Å². The first-order valence-electron chi connectivity index (χ1n) is 6.08. The highest BCUT2D eigenvalue weighted by Gasteiger charge is 2.00. The number of hydrogen-bond donors (Lipinski definition) is 2.